The number of carbonyl (C=O) groups is 1. The zero-order valence-corrected chi connectivity index (χ0v) is 14.7. The molecule has 126 valence electrons. The Morgan fingerprint density at radius 3 is 2.79 bits per heavy atom. The zero-order valence-electron chi connectivity index (χ0n) is 13.9. The van der Waals surface area contributed by atoms with Crippen molar-refractivity contribution in [3.63, 3.8) is 0 Å². The minimum atomic E-state index is -0.164. The van der Waals surface area contributed by atoms with Crippen molar-refractivity contribution in [2.75, 3.05) is 6.54 Å². The van der Waals surface area contributed by atoms with E-state index in [2.05, 4.69) is 15.1 Å². The smallest absolute Gasteiger partial charge is 0.264 e. The van der Waals surface area contributed by atoms with Crippen molar-refractivity contribution in [1.29, 1.82) is 0 Å². The van der Waals surface area contributed by atoms with Gasteiger partial charge in [0.15, 0.2) is 5.82 Å². The molecule has 0 bridgehead atoms. The van der Waals surface area contributed by atoms with Gasteiger partial charge >= 0.3 is 0 Å². The average Bonchev–Trinajstić information content (AvgIpc) is 3.12. The molecule has 0 spiro atoms. The third-order valence-electron chi connectivity index (χ3n) is 3.78. The molecule has 0 aromatic carbocycles. The number of aromatic nitrogens is 4. The van der Waals surface area contributed by atoms with E-state index in [1.165, 1.54) is 22.2 Å². The van der Waals surface area contributed by atoms with Gasteiger partial charge in [-0.15, -0.1) is 11.3 Å². The lowest BCUT2D eigenvalue weighted by atomic mass is 10.2. The van der Waals surface area contributed by atoms with Crippen LogP contribution in [0.5, 0.6) is 0 Å². The second-order valence-corrected chi connectivity index (χ2v) is 6.44. The zero-order chi connectivity index (χ0) is 17.4. The van der Waals surface area contributed by atoms with Crippen LogP contribution in [0.25, 0.3) is 10.2 Å². The minimum absolute atomic E-state index is 0.148. The Kier molecular flexibility index (Phi) is 4.18. The lowest BCUT2D eigenvalue weighted by Crippen LogP contribution is -2.30. The van der Waals surface area contributed by atoms with Crippen LogP contribution in [0.3, 0.4) is 0 Å². The van der Waals surface area contributed by atoms with Gasteiger partial charge in [0.1, 0.15) is 4.83 Å². The van der Waals surface area contributed by atoms with E-state index in [-0.39, 0.29) is 18.0 Å². The van der Waals surface area contributed by atoms with Crippen molar-refractivity contribution in [1.82, 2.24) is 24.6 Å². The highest BCUT2D eigenvalue weighted by Crippen LogP contribution is 2.28. The van der Waals surface area contributed by atoms with E-state index in [0.717, 1.165) is 0 Å². The molecule has 0 saturated carbocycles. The molecule has 8 nitrogen and oxygen atoms in total. The second-order valence-electron chi connectivity index (χ2n) is 5.45. The summed E-state index contributed by atoms with van der Waals surface area (Å²) in [5, 5.41) is 4.33. The van der Waals surface area contributed by atoms with Gasteiger partial charge in [0, 0.05) is 20.5 Å². The summed E-state index contributed by atoms with van der Waals surface area (Å²) in [4.78, 5) is 36.3. The van der Waals surface area contributed by atoms with Crippen molar-refractivity contribution >= 4 is 27.5 Å². The predicted molar refractivity (Wildman–Crippen MR) is 89.0 cm³/mol. The van der Waals surface area contributed by atoms with E-state index < -0.39 is 0 Å². The summed E-state index contributed by atoms with van der Waals surface area (Å²) >= 11 is 1.23. The van der Waals surface area contributed by atoms with Crippen LogP contribution in [0.4, 0.5) is 0 Å². The molecular formula is C15H17N5O3S. The van der Waals surface area contributed by atoms with Crippen molar-refractivity contribution in [2.45, 2.75) is 27.3 Å². The van der Waals surface area contributed by atoms with Crippen LogP contribution in [0.1, 0.15) is 33.9 Å². The van der Waals surface area contributed by atoms with E-state index in [1.54, 1.807) is 25.8 Å². The summed E-state index contributed by atoms with van der Waals surface area (Å²) in [6.07, 6.45) is 1.47. The molecule has 3 aromatic heterocycles. The van der Waals surface area contributed by atoms with E-state index in [1.807, 2.05) is 6.92 Å². The summed E-state index contributed by atoms with van der Waals surface area (Å²) in [6.45, 7) is 6.11. The lowest BCUT2D eigenvalue weighted by Gasteiger charge is -2.18. The number of nitrogens with zero attached hydrogens (tertiary/aromatic N) is 5. The fourth-order valence-electron chi connectivity index (χ4n) is 2.46. The first-order valence-electron chi connectivity index (χ1n) is 7.45. The number of hydrogen-bond donors (Lipinski definition) is 0. The first-order chi connectivity index (χ1) is 11.4. The van der Waals surface area contributed by atoms with E-state index in [0.29, 0.717) is 38.9 Å². The van der Waals surface area contributed by atoms with Gasteiger partial charge in [-0.05, 0) is 19.4 Å². The quantitative estimate of drug-likeness (QED) is 0.712. The van der Waals surface area contributed by atoms with Gasteiger partial charge in [0.05, 0.1) is 23.1 Å². The maximum Gasteiger partial charge on any atom is 0.264 e. The molecule has 24 heavy (non-hydrogen) atoms. The van der Waals surface area contributed by atoms with Crippen LogP contribution in [0, 0.1) is 13.8 Å². The highest BCUT2D eigenvalue weighted by molar-refractivity contribution is 7.20. The number of hydrogen-bond acceptors (Lipinski definition) is 7. The fourth-order valence-corrected chi connectivity index (χ4v) is 3.57. The van der Waals surface area contributed by atoms with Gasteiger partial charge in [0.25, 0.3) is 11.5 Å². The monoisotopic (exact) mass is 347 g/mol. The number of amides is 1. The normalized spacial score (nSPS) is 11.2. The summed E-state index contributed by atoms with van der Waals surface area (Å²) in [5.74, 6) is 0.747. The molecule has 0 saturated heterocycles. The average molecular weight is 347 g/mol. The van der Waals surface area contributed by atoms with E-state index in [9.17, 15) is 9.59 Å². The molecule has 0 radical (unpaired) electrons. The van der Waals surface area contributed by atoms with Crippen LogP contribution < -0.4 is 5.56 Å². The molecule has 0 fully saturated rings. The molecule has 3 aromatic rings. The van der Waals surface area contributed by atoms with Gasteiger partial charge in [-0.2, -0.15) is 4.98 Å². The maximum absolute atomic E-state index is 12.9. The van der Waals surface area contributed by atoms with Crippen LogP contribution in [-0.4, -0.2) is 37.0 Å². The Morgan fingerprint density at radius 1 is 1.42 bits per heavy atom. The number of rotatable bonds is 4. The lowest BCUT2D eigenvalue weighted by molar-refractivity contribution is 0.0751. The molecule has 0 aliphatic rings. The van der Waals surface area contributed by atoms with Gasteiger partial charge in [0.2, 0.25) is 5.89 Å². The Labute approximate surface area is 141 Å². The van der Waals surface area contributed by atoms with Crippen molar-refractivity contribution < 1.29 is 9.32 Å². The topological polar surface area (TPSA) is 94.1 Å². The van der Waals surface area contributed by atoms with Gasteiger partial charge in [-0.25, -0.2) is 4.98 Å². The Morgan fingerprint density at radius 2 is 2.17 bits per heavy atom. The molecular weight excluding hydrogens is 330 g/mol. The Balaban J connectivity index is 1.99. The third-order valence-corrected chi connectivity index (χ3v) is 4.96. The van der Waals surface area contributed by atoms with Crippen LogP contribution >= 0.6 is 11.3 Å². The predicted octanol–water partition coefficient (Wildman–Crippen LogP) is 1.66. The first kappa shape index (κ1) is 16.3. The molecule has 0 aliphatic carbocycles. The number of fused-ring (bicyclic) bond motifs is 1. The van der Waals surface area contributed by atoms with Crippen molar-refractivity contribution in [3.8, 4) is 0 Å². The second kappa shape index (κ2) is 6.16. The Hall–Kier alpha value is -2.55. The highest BCUT2D eigenvalue weighted by Gasteiger charge is 2.24. The molecule has 9 heteroatoms. The highest BCUT2D eigenvalue weighted by atomic mass is 32.1. The maximum atomic E-state index is 12.9. The minimum Gasteiger partial charge on any atom is -0.340 e. The fraction of sp³-hybridized carbons (Fsp3) is 0.400. The van der Waals surface area contributed by atoms with E-state index in [4.69, 9.17) is 4.52 Å². The SMILES string of the molecule is CCN(Cc1noc(C)n1)C(=O)c1sc2ncn(C)c(=O)c2c1C. The summed E-state index contributed by atoms with van der Waals surface area (Å²) < 4.78 is 6.36. The van der Waals surface area contributed by atoms with E-state index >= 15 is 0 Å². The van der Waals surface area contributed by atoms with Crippen molar-refractivity contribution in [3.05, 3.63) is 38.8 Å². The molecule has 0 atom stereocenters. The first-order valence-corrected chi connectivity index (χ1v) is 8.27. The van der Waals surface area contributed by atoms with Crippen molar-refractivity contribution in [2.24, 2.45) is 7.05 Å². The Bertz CT molecular complexity index is 971. The molecule has 1 amide bonds. The summed E-state index contributed by atoms with van der Waals surface area (Å²) in [6, 6.07) is 0. The molecule has 0 aliphatic heterocycles. The van der Waals surface area contributed by atoms with Gasteiger partial charge < -0.3 is 14.0 Å². The van der Waals surface area contributed by atoms with Gasteiger partial charge in [-0.1, -0.05) is 5.16 Å². The van der Waals surface area contributed by atoms with Crippen LogP contribution in [0.15, 0.2) is 15.6 Å². The summed E-state index contributed by atoms with van der Waals surface area (Å²) in [5.41, 5.74) is 0.515. The number of aryl methyl sites for hydroxylation is 3. The third kappa shape index (κ3) is 2.71. The van der Waals surface area contributed by atoms with Crippen LogP contribution in [-0.2, 0) is 13.6 Å². The molecule has 0 unspecified atom stereocenters. The molecule has 3 heterocycles. The largest absolute Gasteiger partial charge is 0.340 e. The molecule has 0 N–H and O–H groups in total. The van der Waals surface area contributed by atoms with Gasteiger partial charge in [-0.3, -0.25) is 9.59 Å². The standard InChI is InChI=1S/C15H17N5O3S/c1-5-20(6-10-17-9(3)23-18-10)15(22)12-8(2)11-13(24-12)16-7-19(4)14(11)21/h7H,5-6H2,1-4H3. The molecule has 3 rings (SSSR count). The summed E-state index contributed by atoms with van der Waals surface area (Å²) in [7, 11) is 1.64. The number of carbonyl (C=O) groups excluding carboxylic acids is 1. The number of thiophene rings is 1. The van der Waals surface area contributed by atoms with Crippen LogP contribution in [0.2, 0.25) is 0 Å².